The molecule has 4 nitrogen and oxygen atoms in total. The van der Waals surface area contributed by atoms with Gasteiger partial charge in [-0.3, -0.25) is 0 Å². The smallest absolute Gasteiger partial charge is 0.135 e. The maximum Gasteiger partial charge on any atom is 0.135 e. The highest BCUT2D eigenvalue weighted by atomic mass is 16.3. The fraction of sp³-hybridized carbons (Fsp3) is 0. The number of nitriles is 1. The lowest BCUT2D eigenvalue weighted by molar-refractivity contribution is 0.474. The Kier molecular flexibility index (Phi) is 1.57. The van der Waals surface area contributed by atoms with Crippen LogP contribution in [0, 0.1) is 11.3 Å². The molecule has 0 aliphatic rings. The molecule has 1 rings (SSSR count). The number of nitrogens with zero attached hydrogens (tertiary/aromatic N) is 1. The molecule has 0 radical (unpaired) electrons. The molecule has 4 heteroatoms. The van der Waals surface area contributed by atoms with Crippen molar-refractivity contribution in [2.24, 2.45) is 0 Å². The maximum atomic E-state index is 9.06. The summed E-state index contributed by atoms with van der Waals surface area (Å²) in [4.78, 5) is 0. The second-order valence-corrected chi connectivity index (χ2v) is 2.07. The van der Waals surface area contributed by atoms with Gasteiger partial charge in [0.15, 0.2) is 0 Å². The number of anilines is 2. The number of nitrogen functional groups attached to an aromatic ring is 2. The Bertz CT molecular complexity index is 327. The lowest BCUT2D eigenvalue weighted by Crippen LogP contribution is -1.97. The predicted molar refractivity (Wildman–Crippen MR) is 41.6 cm³/mol. The normalized spacial score (nSPS) is 9.00. The van der Waals surface area contributed by atoms with E-state index >= 15 is 0 Å². The molecule has 1 aromatic rings. The zero-order valence-electron chi connectivity index (χ0n) is 5.70. The molecule has 0 bridgehead atoms. The first kappa shape index (κ1) is 7.22. The molecule has 5 N–H and O–H groups in total. The van der Waals surface area contributed by atoms with Crippen molar-refractivity contribution in [3.63, 3.8) is 0 Å². The van der Waals surface area contributed by atoms with E-state index in [1.807, 2.05) is 0 Å². The molecule has 0 fully saturated rings. The zero-order chi connectivity index (χ0) is 8.43. The second kappa shape index (κ2) is 2.39. The van der Waals surface area contributed by atoms with Gasteiger partial charge in [0.2, 0.25) is 0 Å². The Hall–Kier alpha value is -1.89. The summed E-state index contributed by atoms with van der Waals surface area (Å²) in [5, 5.41) is 17.5. The van der Waals surface area contributed by atoms with Gasteiger partial charge in [0.1, 0.15) is 17.4 Å². The van der Waals surface area contributed by atoms with Crippen LogP contribution in [-0.2, 0) is 0 Å². The SMILES string of the molecule is N#Cc1c(O)ccc(N)c1N. The first-order valence-corrected chi connectivity index (χ1v) is 2.94. The molecule has 0 saturated carbocycles. The Morgan fingerprint density at radius 1 is 1.36 bits per heavy atom. The van der Waals surface area contributed by atoms with Gasteiger partial charge in [-0.1, -0.05) is 0 Å². The van der Waals surface area contributed by atoms with Crippen molar-refractivity contribution in [1.29, 1.82) is 5.26 Å². The van der Waals surface area contributed by atoms with E-state index in [-0.39, 0.29) is 17.0 Å². The average molecular weight is 149 g/mol. The van der Waals surface area contributed by atoms with Crippen molar-refractivity contribution in [2.45, 2.75) is 0 Å². The average Bonchev–Trinajstić information content (AvgIpc) is 1.99. The monoisotopic (exact) mass is 149 g/mol. The number of aromatic hydroxyl groups is 1. The van der Waals surface area contributed by atoms with Crippen LogP contribution in [0.4, 0.5) is 11.4 Å². The van der Waals surface area contributed by atoms with Crippen molar-refractivity contribution >= 4 is 11.4 Å². The molecule has 56 valence electrons. The fourth-order valence-corrected chi connectivity index (χ4v) is 0.742. The summed E-state index contributed by atoms with van der Waals surface area (Å²) in [6.45, 7) is 0. The van der Waals surface area contributed by atoms with Crippen LogP contribution in [0.5, 0.6) is 5.75 Å². The van der Waals surface area contributed by atoms with E-state index in [0.717, 1.165) is 0 Å². The predicted octanol–water partition coefficient (Wildman–Crippen LogP) is 0.428. The topological polar surface area (TPSA) is 96.1 Å². The minimum absolute atomic E-state index is 0.0324. The van der Waals surface area contributed by atoms with Gasteiger partial charge >= 0.3 is 0 Å². The molecule has 0 unspecified atom stereocenters. The number of phenols is 1. The zero-order valence-corrected chi connectivity index (χ0v) is 5.70. The summed E-state index contributed by atoms with van der Waals surface area (Å²) in [5.41, 5.74) is 11.2. The molecule has 0 amide bonds. The molecule has 11 heavy (non-hydrogen) atoms. The number of phenolic OH excluding ortho intramolecular Hbond substituents is 1. The van der Waals surface area contributed by atoms with Gasteiger partial charge in [-0.15, -0.1) is 0 Å². The maximum absolute atomic E-state index is 9.06. The van der Waals surface area contributed by atoms with Gasteiger partial charge in [0.05, 0.1) is 11.4 Å². The van der Waals surface area contributed by atoms with Gasteiger partial charge in [-0.05, 0) is 12.1 Å². The highest BCUT2D eigenvalue weighted by Gasteiger charge is 2.06. The summed E-state index contributed by atoms with van der Waals surface area (Å²) in [6.07, 6.45) is 0. The highest BCUT2D eigenvalue weighted by Crippen LogP contribution is 2.26. The molecule has 1 aromatic carbocycles. The Morgan fingerprint density at radius 2 is 2.00 bits per heavy atom. The molecule has 0 heterocycles. The van der Waals surface area contributed by atoms with Gasteiger partial charge in [-0.2, -0.15) is 5.26 Å². The Labute approximate surface area is 63.7 Å². The molecule has 0 spiro atoms. The minimum atomic E-state index is -0.140. The standard InChI is InChI=1S/C7H7N3O/c8-3-4-6(11)2-1-5(9)7(4)10/h1-2,11H,9-10H2. The molecule has 0 aliphatic heterocycles. The molecular weight excluding hydrogens is 142 g/mol. The van der Waals surface area contributed by atoms with E-state index in [0.29, 0.717) is 5.69 Å². The molecule has 0 atom stereocenters. The first-order valence-electron chi connectivity index (χ1n) is 2.94. The third kappa shape index (κ3) is 1.03. The van der Waals surface area contributed by atoms with Crippen LogP contribution in [0.3, 0.4) is 0 Å². The summed E-state index contributed by atoms with van der Waals surface area (Å²) >= 11 is 0. The Morgan fingerprint density at radius 3 is 2.45 bits per heavy atom. The summed E-state index contributed by atoms with van der Waals surface area (Å²) in [5.74, 6) is -0.140. The summed E-state index contributed by atoms with van der Waals surface area (Å²) in [6, 6.07) is 4.54. The van der Waals surface area contributed by atoms with Crippen molar-refractivity contribution in [3.8, 4) is 11.8 Å². The van der Waals surface area contributed by atoms with Crippen LogP contribution in [0.2, 0.25) is 0 Å². The van der Waals surface area contributed by atoms with Crippen LogP contribution in [0.15, 0.2) is 12.1 Å². The van der Waals surface area contributed by atoms with Gasteiger partial charge < -0.3 is 16.6 Å². The van der Waals surface area contributed by atoms with E-state index < -0.39 is 0 Å². The number of nitrogens with two attached hydrogens (primary N) is 2. The quantitative estimate of drug-likeness (QED) is 0.368. The van der Waals surface area contributed by atoms with E-state index in [9.17, 15) is 0 Å². The summed E-state index contributed by atoms with van der Waals surface area (Å²) < 4.78 is 0. The largest absolute Gasteiger partial charge is 0.506 e. The third-order valence-electron chi connectivity index (χ3n) is 1.37. The van der Waals surface area contributed by atoms with Gasteiger partial charge in [-0.25, -0.2) is 0 Å². The van der Waals surface area contributed by atoms with Crippen molar-refractivity contribution < 1.29 is 5.11 Å². The number of hydrogen-bond acceptors (Lipinski definition) is 4. The van der Waals surface area contributed by atoms with Crippen LogP contribution in [0.1, 0.15) is 5.56 Å². The van der Waals surface area contributed by atoms with Gasteiger partial charge in [0, 0.05) is 0 Å². The number of hydrogen-bond donors (Lipinski definition) is 3. The van der Waals surface area contributed by atoms with E-state index in [4.69, 9.17) is 21.8 Å². The minimum Gasteiger partial charge on any atom is -0.506 e. The highest BCUT2D eigenvalue weighted by molar-refractivity contribution is 5.74. The van der Waals surface area contributed by atoms with Gasteiger partial charge in [0.25, 0.3) is 0 Å². The lowest BCUT2D eigenvalue weighted by atomic mass is 10.1. The fourth-order valence-electron chi connectivity index (χ4n) is 0.742. The number of benzene rings is 1. The summed E-state index contributed by atoms with van der Waals surface area (Å²) in [7, 11) is 0. The van der Waals surface area contributed by atoms with Crippen molar-refractivity contribution in [1.82, 2.24) is 0 Å². The molecule has 0 saturated heterocycles. The molecule has 0 aliphatic carbocycles. The molecular formula is C7H7N3O. The van der Waals surface area contributed by atoms with E-state index in [1.165, 1.54) is 12.1 Å². The number of rotatable bonds is 0. The van der Waals surface area contributed by atoms with E-state index in [1.54, 1.807) is 6.07 Å². The van der Waals surface area contributed by atoms with Crippen molar-refractivity contribution in [3.05, 3.63) is 17.7 Å². The first-order chi connectivity index (χ1) is 5.16. The van der Waals surface area contributed by atoms with Crippen molar-refractivity contribution in [2.75, 3.05) is 11.5 Å². The third-order valence-corrected chi connectivity index (χ3v) is 1.37. The van der Waals surface area contributed by atoms with E-state index in [2.05, 4.69) is 0 Å². The van der Waals surface area contributed by atoms with Crippen LogP contribution < -0.4 is 11.5 Å². The molecule has 0 aromatic heterocycles. The lowest BCUT2D eigenvalue weighted by Gasteiger charge is -2.02. The Balaban J connectivity index is 3.44. The van der Waals surface area contributed by atoms with Crippen LogP contribution in [-0.4, -0.2) is 5.11 Å². The van der Waals surface area contributed by atoms with Crippen LogP contribution >= 0.6 is 0 Å². The van der Waals surface area contributed by atoms with Crippen LogP contribution in [0.25, 0.3) is 0 Å². The second-order valence-electron chi connectivity index (χ2n) is 2.07.